The summed E-state index contributed by atoms with van der Waals surface area (Å²) in [6, 6.07) is 5.46. The highest BCUT2D eigenvalue weighted by atomic mass is 32.2. The van der Waals surface area contributed by atoms with Gasteiger partial charge in [0, 0.05) is 25.5 Å². The van der Waals surface area contributed by atoms with Crippen molar-refractivity contribution in [3.63, 3.8) is 0 Å². The zero-order valence-electron chi connectivity index (χ0n) is 11.8. The molecule has 3 rings (SSSR count). The molecule has 0 N–H and O–H groups in total. The second-order valence-corrected chi connectivity index (χ2v) is 7.67. The number of sulfone groups is 1. The van der Waals surface area contributed by atoms with Crippen molar-refractivity contribution in [3.05, 3.63) is 36.3 Å². The molecule has 0 radical (unpaired) electrons. The van der Waals surface area contributed by atoms with E-state index in [2.05, 4.69) is 4.98 Å². The number of aromatic nitrogens is 2. The molecule has 0 aromatic carbocycles. The maximum atomic E-state index is 12.3. The summed E-state index contributed by atoms with van der Waals surface area (Å²) in [4.78, 5) is 18.2. The van der Waals surface area contributed by atoms with Gasteiger partial charge in [-0.2, -0.15) is 0 Å². The monoisotopic (exact) mass is 307 g/mol. The third-order valence-corrected chi connectivity index (χ3v) is 5.65. The summed E-state index contributed by atoms with van der Waals surface area (Å²) < 4.78 is 24.8. The van der Waals surface area contributed by atoms with Gasteiger partial charge in [-0.15, -0.1) is 0 Å². The highest BCUT2D eigenvalue weighted by molar-refractivity contribution is 7.91. The van der Waals surface area contributed by atoms with Gasteiger partial charge in [0.15, 0.2) is 9.84 Å². The van der Waals surface area contributed by atoms with Crippen molar-refractivity contribution < 1.29 is 13.2 Å². The summed E-state index contributed by atoms with van der Waals surface area (Å²) in [6.45, 7) is 0. The van der Waals surface area contributed by atoms with Gasteiger partial charge in [-0.05, 0) is 18.6 Å². The fraction of sp³-hybridized carbons (Fsp3) is 0.429. The minimum absolute atomic E-state index is 0.0698. The van der Waals surface area contributed by atoms with E-state index in [9.17, 15) is 13.2 Å². The Bertz CT molecular complexity index is 749. The summed E-state index contributed by atoms with van der Waals surface area (Å²) in [5, 5.41) is 0. The first-order valence-corrected chi connectivity index (χ1v) is 8.65. The maximum absolute atomic E-state index is 12.3. The van der Waals surface area contributed by atoms with E-state index in [-0.39, 0.29) is 29.9 Å². The predicted molar refractivity (Wildman–Crippen MR) is 78.7 cm³/mol. The molecule has 0 aliphatic carbocycles. The van der Waals surface area contributed by atoms with Crippen LogP contribution in [0.3, 0.4) is 0 Å². The van der Waals surface area contributed by atoms with Crippen LogP contribution < -0.4 is 0 Å². The largest absolute Gasteiger partial charge is 0.341 e. The molecule has 1 saturated heterocycles. The number of fused-ring (bicyclic) bond motifs is 1. The number of imidazole rings is 1. The molecule has 3 heterocycles. The molecule has 7 heteroatoms. The first kappa shape index (κ1) is 14.1. The van der Waals surface area contributed by atoms with Gasteiger partial charge >= 0.3 is 0 Å². The molecule has 0 saturated carbocycles. The Balaban J connectivity index is 1.71. The van der Waals surface area contributed by atoms with Crippen LogP contribution in [-0.4, -0.2) is 53.2 Å². The van der Waals surface area contributed by atoms with Gasteiger partial charge in [-0.3, -0.25) is 4.79 Å². The second kappa shape index (κ2) is 5.14. The van der Waals surface area contributed by atoms with E-state index in [1.165, 1.54) is 0 Å². The maximum Gasteiger partial charge on any atom is 0.228 e. The standard InChI is InChI=1S/C14H17N3O3S/c1-16(12-5-7-21(19,20)10-12)14(18)8-11-9-17-6-3-2-4-13(17)15-11/h2-4,6,9,12H,5,7-8,10H2,1H3/t12-/m0/s1. The number of carbonyl (C=O) groups is 1. The molecule has 1 aliphatic rings. The molecule has 0 bridgehead atoms. The average molecular weight is 307 g/mol. The van der Waals surface area contributed by atoms with E-state index in [1.807, 2.05) is 35.0 Å². The van der Waals surface area contributed by atoms with Crippen molar-refractivity contribution >= 4 is 21.4 Å². The fourth-order valence-electron chi connectivity index (χ4n) is 2.64. The van der Waals surface area contributed by atoms with Crippen LogP contribution in [0.15, 0.2) is 30.6 Å². The molecule has 0 unspecified atom stereocenters. The van der Waals surface area contributed by atoms with Crippen LogP contribution in [-0.2, 0) is 21.1 Å². The number of hydrogen-bond acceptors (Lipinski definition) is 4. The van der Waals surface area contributed by atoms with Crippen molar-refractivity contribution in [2.24, 2.45) is 0 Å². The molecule has 21 heavy (non-hydrogen) atoms. The Morgan fingerprint density at radius 2 is 2.29 bits per heavy atom. The van der Waals surface area contributed by atoms with Crippen LogP contribution in [0.1, 0.15) is 12.1 Å². The van der Waals surface area contributed by atoms with E-state index < -0.39 is 9.84 Å². The Kier molecular flexibility index (Phi) is 3.44. The predicted octanol–water partition coefficient (Wildman–Crippen LogP) is 0.522. The van der Waals surface area contributed by atoms with Crippen molar-refractivity contribution in [3.8, 4) is 0 Å². The number of rotatable bonds is 3. The molecule has 1 aliphatic heterocycles. The molecule has 6 nitrogen and oxygen atoms in total. The first-order valence-electron chi connectivity index (χ1n) is 6.83. The molecule has 2 aromatic rings. The van der Waals surface area contributed by atoms with Crippen LogP contribution in [0.2, 0.25) is 0 Å². The lowest BCUT2D eigenvalue weighted by Gasteiger charge is -2.22. The minimum atomic E-state index is -2.98. The summed E-state index contributed by atoms with van der Waals surface area (Å²) in [5.74, 6) is 0.143. The van der Waals surface area contributed by atoms with E-state index >= 15 is 0 Å². The Labute approximate surface area is 123 Å². The number of likely N-dealkylation sites (N-methyl/N-ethyl adjacent to an activating group) is 1. The third-order valence-electron chi connectivity index (χ3n) is 3.90. The van der Waals surface area contributed by atoms with Crippen LogP contribution in [0.4, 0.5) is 0 Å². The van der Waals surface area contributed by atoms with Crippen molar-refractivity contribution in [2.75, 3.05) is 18.6 Å². The summed E-state index contributed by atoms with van der Waals surface area (Å²) in [7, 11) is -1.31. The number of amides is 1. The highest BCUT2D eigenvalue weighted by Gasteiger charge is 2.32. The zero-order valence-corrected chi connectivity index (χ0v) is 12.6. The molecule has 2 aromatic heterocycles. The van der Waals surface area contributed by atoms with Crippen molar-refractivity contribution in [2.45, 2.75) is 18.9 Å². The summed E-state index contributed by atoms with van der Waals surface area (Å²) in [6.07, 6.45) is 4.42. The van der Waals surface area contributed by atoms with E-state index in [1.54, 1.807) is 11.9 Å². The highest BCUT2D eigenvalue weighted by Crippen LogP contribution is 2.17. The lowest BCUT2D eigenvalue weighted by molar-refractivity contribution is -0.130. The van der Waals surface area contributed by atoms with E-state index in [0.29, 0.717) is 12.1 Å². The SMILES string of the molecule is CN(C(=O)Cc1cn2ccccc2n1)[C@H]1CCS(=O)(=O)C1. The van der Waals surface area contributed by atoms with E-state index in [0.717, 1.165) is 5.65 Å². The van der Waals surface area contributed by atoms with Crippen LogP contribution in [0.5, 0.6) is 0 Å². The Morgan fingerprint density at radius 3 is 2.95 bits per heavy atom. The molecule has 112 valence electrons. The Hall–Kier alpha value is -1.89. The Morgan fingerprint density at radius 1 is 1.48 bits per heavy atom. The van der Waals surface area contributed by atoms with Crippen LogP contribution in [0, 0.1) is 0 Å². The lowest BCUT2D eigenvalue weighted by Crippen LogP contribution is -2.38. The lowest BCUT2D eigenvalue weighted by atomic mass is 10.2. The van der Waals surface area contributed by atoms with Gasteiger partial charge in [-0.1, -0.05) is 6.07 Å². The quantitative estimate of drug-likeness (QED) is 0.829. The minimum Gasteiger partial charge on any atom is -0.341 e. The fourth-order valence-corrected chi connectivity index (χ4v) is 4.41. The third kappa shape index (κ3) is 2.92. The normalized spacial score (nSPS) is 20.7. The zero-order chi connectivity index (χ0) is 15.0. The number of pyridine rings is 1. The summed E-state index contributed by atoms with van der Waals surface area (Å²) >= 11 is 0. The van der Waals surface area contributed by atoms with Crippen LogP contribution >= 0.6 is 0 Å². The van der Waals surface area contributed by atoms with Gasteiger partial charge in [0.2, 0.25) is 5.91 Å². The average Bonchev–Trinajstić information content (AvgIpc) is 3.00. The van der Waals surface area contributed by atoms with Gasteiger partial charge in [0.1, 0.15) is 5.65 Å². The topological polar surface area (TPSA) is 71.8 Å². The molecular weight excluding hydrogens is 290 g/mol. The number of nitrogens with zero attached hydrogens (tertiary/aromatic N) is 3. The van der Waals surface area contributed by atoms with Gasteiger partial charge in [-0.25, -0.2) is 13.4 Å². The van der Waals surface area contributed by atoms with Crippen molar-refractivity contribution in [1.29, 1.82) is 0 Å². The number of hydrogen-bond donors (Lipinski definition) is 0. The van der Waals surface area contributed by atoms with Crippen LogP contribution in [0.25, 0.3) is 5.65 Å². The molecule has 1 amide bonds. The van der Waals surface area contributed by atoms with Gasteiger partial charge in [0.05, 0.1) is 23.6 Å². The molecular formula is C14H17N3O3S. The molecule has 1 fully saturated rings. The van der Waals surface area contributed by atoms with Crippen molar-refractivity contribution in [1.82, 2.24) is 14.3 Å². The smallest absolute Gasteiger partial charge is 0.228 e. The summed E-state index contributed by atoms with van der Waals surface area (Å²) in [5.41, 5.74) is 1.49. The van der Waals surface area contributed by atoms with E-state index in [4.69, 9.17) is 0 Å². The van der Waals surface area contributed by atoms with Gasteiger partial charge < -0.3 is 9.30 Å². The van der Waals surface area contributed by atoms with Gasteiger partial charge in [0.25, 0.3) is 0 Å². The first-order chi connectivity index (χ1) is 9.94. The number of carbonyl (C=O) groups excluding carboxylic acids is 1. The second-order valence-electron chi connectivity index (χ2n) is 5.44. The molecule has 1 atom stereocenters. The molecule has 0 spiro atoms.